The number of hydrogen-bond acceptors (Lipinski definition) is 4. The van der Waals surface area contributed by atoms with Gasteiger partial charge in [0.2, 0.25) is 5.79 Å². The van der Waals surface area contributed by atoms with Gasteiger partial charge in [0.25, 0.3) is 0 Å². The zero-order valence-electron chi connectivity index (χ0n) is 10.8. The normalized spacial score (nSPS) is 12.3. The Bertz CT molecular complexity index is 546. The maximum absolute atomic E-state index is 10.2. The van der Waals surface area contributed by atoms with Crippen LogP contribution in [0.3, 0.4) is 0 Å². The molecule has 2 aromatic rings. The highest BCUT2D eigenvalue weighted by Gasteiger charge is 2.29. The smallest absolute Gasteiger partial charge is 0.205 e. The molecule has 0 aliphatic rings. The van der Waals surface area contributed by atoms with Crippen LogP contribution in [0, 0.1) is 0 Å². The molecule has 0 fully saturated rings. The van der Waals surface area contributed by atoms with Crippen LogP contribution in [0.4, 0.5) is 0 Å². The third kappa shape index (κ3) is 2.33. The molecule has 5 nitrogen and oxygen atoms in total. The molecule has 0 saturated heterocycles. The molecule has 0 amide bonds. The van der Waals surface area contributed by atoms with Crippen LogP contribution >= 0.6 is 0 Å². The fourth-order valence-corrected chi connectivity index (χ4v) is 2.08. The average Bonchev–Trinajstić information content (AvgIpc) is 2.70. The number of nitrogens with zero attached hydrogens (tertiary/aromatic N) is 1. The van der Waals surface area contributed by atoms with Crippen molar-refractivity contribution in [3.63, 3.8) is 0 Å². The SMILES string of the molecule is COc1ccc2[nH]cc(C(O)(O)CN(C)C)c2c1. The number of H-pyrrole nitrogens is 1. The fourth-order valence-electron chi connectivity index (χ4n) is 2.08. The maximum atomic E-state index is 10.2. The molecule has 1 heterocycles. The second-order valence-corrected chi connectivity index (χ2v) is 4.67. The zero-order valence-corrected chi connectivity index (χ0v) is 10.8. The van der Waals surface area contributed by atoms with Gasteiger partial charge in [0.15, 0.2) is 0 Å². The molecule has 5 heteroatoms. The van der Waals surface area contributed by atoms with Gasteiger partial charge in [-0.05, 0) is 32.3 Å². The monoisotopic (exact) mass is 250 g/mol. The highest BCUT2D eigenvalue weighted by Crippen LogP contribution is 2.30. The highest BCUT2D eigenvalue weighted by atomic mass is 16.5. The van der Waals surface area contributed by atoms with Gasteiger partial charge in [-0.15, -0.1) is 0 Å². The van der Waals surface area contributed by atoms with Gasteiger partial charge < -0.3 is 24.8 Å². The second kappa shape index (κ2) is 4.61. The minimum Gasteiger partial charge on any atom is -0.497 e. The van der Waals surface area contributed by atoms with Crippen molar-refractivity contribution in [2.24, 2.45) is 0 Å². The lowest BCUT2D eigenvalue weighted by atomic mass is 10.0. The summed E-state index contributed by atoms with van der Waals surface area (Å²) in [5.74, 6) is -1.21. The van der Waals surface area contributed by atoms with Crippen LogP contribution in [-0.4, -0.2) is 47.8 Å². The maximum Gasteiger partial charge on any atom is 0.205 e. The highest BCUT2D eigenvalue weighted by molar-refractivity contribution is 5.85. The van der Waals surface area contributed by atoms with E-state index in [1.165, 1.54) is 0 Å². The largest absolute Gasteiger partial charge is 0.497 e. The van der Waals surface area contributed by atoms with E-state index in [1.807, 2.05) is 12.1 Å². The number of aromatic amines is 1. The lowest BCUT2D eigenvalue weighted by Crippen LogP contribution is -2.37. The molecule has 0 atom stereocenters. The molecule has 0 bridgehead atoms. The Morgan fingerprint density at radius 2 is 2.06 bits per heavy atom. The summed E-state index contributed by atoms with van der Waals surface area (Å²) in [4.78, 5) is 4.75. The predicted molar refractivity (Wildman–Crippen MR) is 69.5 cm³/mol. The number of hydrogen-bond donors (Lipinski definition) is 3. The summed E-state index contributed by atoms with van der Waals surface area (Å²) in [5.41, 5.74) is 1.29. The summed E-state index contributed by atoms with van der Waals surface area (Å²) < 4.78 is 5.15. The molecule has 0 spiro atoms. The molecule has 18 heavy (non-hydrogen) atoms. The van der Waals surface area contributed by atoms with Crippen LogP contribution in [0.5, 0.6) is 5.75 Å². The first-order valence-corrected chi connectivity index (χ1v) is 5.69. The molecule has 1 aromatic carbocycles. The van der Waals surface area contributed by atoms with E-state index in [4.69, 9.17) is 4.74 Å². The summed E-state index contributed by atoms with van der Waals surface area (Å²) in [5, 5.41) is 21.1. The van der Waals surface area contributed by atoms with Crippen molar-refractivity contribution in [3.05, 3.63) is 30.0 Å². The molecule has 1 aromatic heterocycles. The number of fused-ring (bicyclic) bond motifs is 1. The van der Waals surface area contributed by atoms with E-state index >= 15 is 0 Å². The first-order valence-electron chi connectivity index (χ1n) is 5.69. The number of aromatic nitrogens is 1. The van der Waals surface area contributed by atoms with E-state index in [-0.39, 0.29) is 6.54 Å². The van der Waals surface area contributed by atoms with Crippen LogP contribution in [0.1, 0.15) is 5.56 Å². The summed E-state index contributed by atoms with van der Waals surface area (Å²) in [6, 6.07) is 5.46. The molecule has 0 radical (unpaired) electrons. The van der Waals surface area contributed by atoms with E-state index in [1.54, 1.807) is 38.4 Å². The van der Waals surface area contributed by atoms with Gasteiger partial charge >= 0.3 is 0 Å². The van der Waals surface area contributed by atoms with Crippen LogP contribution in [0.15, 0.2) is 24.4 Å². The Kier molecular flexibility index (Phi) is 3.30. The summed E-state index contributed by atoms with van der Waals surface area (Å²) in [7, 11) is 5.16. The molecule has 0 saturated carbocycles. The number of ether oxygens (including phenoxy) is 1. The standard InChI is InChI=1S/C13H18N2O3/c1-15(2)8-13(16,17)11-7-14-12-5-4-9(18-3)6-10(11)12/h4-7,14,16-17H,8H2,1-3H3. The minimum atomic E-state index is -1.89. The third-order valence-electron chi connectivity index (χ3n) is 2.86. The predicted octanol–water partition coefficient (Wildman–Crippen LogP) is 0.875. The lowest BCUT2D eigenvalue weighted by Gasteiger charge is -2.25. The van der Waals surface area contributed by atoms with Crippen molar-refractivity contribution < 1.29 is 14.9 Å². The number of methoxy groups -OCH3 is 1. The van der Waals surface area contributed by atoms with Gasteiger partial charge in [-0.25, -0.2) is 0 Å². The molecular weight excluding hydrogens is 232 g/mol. The van der Waals surface area contributed by atoms with E-state index < -0.39 is 5.79 Å². The van der Waals surface area contributed by atoms with Crippen molar-refractivity contribution in [1.29, 1.82) is 0 Å². The molecule has 98 valence electrons. The molecular formula is C13H18N2O3. The van der Waals surface area contributed by atoms with Crippen molar-refractivity contribution in [2.45, 2.75) is 5.79 Å². The Morgan fingerprint density at radius 1 is 1.33 bits per heavy atom. The van der Waals surface area contributed by atoms with Crippen LogP contribution in [0.2, 0.25) is 0 Å². The lowest BCUT2D eigenvalue weighted by molar-refractivity contribution is -0.177. The van der Waals surface area contributed by atoms with Crippen LogP contribution in [-0.2, 0) is 5.79 Å². The van der Waals surface area contributed by atoms with Crippen molar-refractivity contribution in [2.75, 3.05) is 27.7 Å². The Labute approximate surface area is 106 Å². The van der Waals surface area contributed by atoms with Crippen LogP contribution in [0.25, 0.3) is 10.9 Å². The molecule has 2 rings (SSSR count). The van der Waals surface area contributed by atoms with Gasteiger partial charge in [-0.3, -0.25) is 0 Å². The minimum absolute atomic E-state index is 0.122. The molecule has 0 aliphatic heterocycles. The number of aliphatic hydroxyl groups is 2. The summed E-state index contributed by atoms with van der Waals surface area (Å²) in [6.45, 7) is 0.122. The van der Waals surface area contributed by atoms with Gasteiger partial charge in [-0.2, -0.15) is 0 Å². The van der Waals surface area contributed by atoms with E-state index in [2.05, 4.69) is 4.98 Å². The fraction of sp³-hybridized carbons (Fsp3) is 0.385. The second-order valence-electron chi connectivity index (χ2n) is 4.67. The van der Waals surface area contributed by atoms with Crippen molar-refractivity contribution in [3.8, 4) is 5.75 Å². The third-order valence-corrected chi connectivity index (χ3v) is 2.86. The van der Waals surface area contributed by atoms with E-state index in [0.29, 0.717) is 11.3 Å². The number of nitrogens with one attached hydrogen (secondary N) is 1. The Morgan fingerprint density at radius 3 is 2.67 bits per heavy atom. The Hall–Kier alpha value is -1.56. The van der Waals surface area contributed by atoms with Crippen molar-refractivity contribution >= 4 is 10.9 Å². The van der Waals surface area contributed by atoms with E-state index in [0.717, 1.165) is 10.9 Å². The van der Waals surface area contributed by atoms with Gasteiger partial charge in [0.1, 0.15) is 5.75 Å². The zero-order chi connectivity index (χ0) is 13.3. The first kappa shape index (κ1) is 12.9. The number of benzene rings is 1. The van der Waals surface area contributed by atoms with Gasteiger partial charge in [0, 0.05) is 22.7 Å². The molecule has 3 N–H and O–H groups in total. The summed E-state index contributed by atoms with van der Waals surface area (Å²) >= 11 is 0. The van der Waals surface area contributed by atoms with Gasteiger partial charge in [-0.1, -0.05) is 0 Å². The number of likely N-dealkylation sites (N-methyl/N-ethyl adjacent to an activating group) is 1. The topological polar surface area (TPSA) is 68.7 Å². The van der Waals surface area contributed by atoms with Gasteiger partial charge in [0.05, 0.1) is 13.7 Å². The number of rotatable bonds is 4. The van der Waals surface area contributed by atoms with E-state index in [9.17, 15) is 10.2 Å². The first-order chi connectivity index (χ1) is 8.44. The van der Waals surface area contributed by atoms with Crippen molar-refractivity contribution in [1.82, 2.24) is 9.88 Å². The quantitative estimate of drug-likeness (QED) is 0.704. The summed E-state index contributed by atoms with van der Waals surface area (Å²) in [6.07, 6.45) is 1.62. The Balaban J connectivity index is 2.50. The average molecular weight is 250 g/mol. The molecule has 0 unspecified atom stereocenters. The van der Waals surface area contributed by atoms with Crippen LogP contribution < -0.4 is 4.74 Å². The molecule has 0 aliphatic carbocycles.